The molecule has 0 bridgehead atoms. The number of nitrogens with zero attached hydrogens (tertiary/aromatic N) is 2. The molecule has 51 heavy (non-hydrogen) atoms. The predicted octanol–water partition coefficient (Wildman–Crippen LogP) is 9.16. The van der Waals surface area contributed by atoms with Gasteiger partial charge in [-0.1, -0.05) is 59.6 Å². The van der Waals surface area contributed by atoms with Gasteiger partial charge in [-0.2, -0.15) is 0 Å². The highest BCUT2D eigenvalue weighted by molar-refractivity contribution is 6.31. The molecule has 13 nitrogen and oxygen atoms in total. The van der Waals surface area contributed by atoms with E-state index in [0.717, 1.165) is 22.3 Å². The van der Waals surface area contributed by atoms with Crippen LogP contribution in [0.5, 0.6) is 11.5 Å². The van der Waals surface area contributed by atoms with Crippen molar-refractivity contribution in [1.82, 2.24) is 0 Å². The first kappa shape index (κ1) is 37.9. The third-order valence-corrected chi connectivity index (χ3v) is 7.70. The fourth-order valence-electron chi connectivity index (χ4n) is 4.35. The van der Waals surface area contributed by atoms with Crippen LogP contribution in [0.25, 0.3) is 0 Å². The number of ether oxygens (including phenoxy) is 5. The molecule has 4 aromatic rings. The second kappa shape index (κ2) is 19.3. The van der Waals surface area contributed by atoms with Crippen LogP contribution in [0.15, 0.2) is 110 Å². The lowest BCUT2D eigenvalue weighted by Gasteiger charge is -2.08. The Labute approximate surface area is 301 Å². The molecule has 4 rings (SSSR count). The Kier molecular flexibility index (Phi) is 14.4. The minimum Gasteiger partial charge on any atom is -0.473 e. The van der Waals surface area contributed by atoms with Gasteiger partial charge in [-0.05, 0) is 71.5 Å². The van der Waals surface area contributed by atoms with Crippen LogP contribution in [0.1, 0.15) is 22.3 Å². The average Bonchev–Trinajstić information content (AvgIpc) is 3.10. The maximum absolute atomic E-state index is 12.0. The second-order valence-electron chi connectivity index (χ2n) is 10.5. The van der Waals surface area contributed by atoms with Crippen LogP contribution in [0.2, 0.25) is 10.0 Å². The maximum Gasteiger partial charge on any atom is 0.513 e. The van der Waals surface area contributed by atoms with Crippen LogP contribution in [0, 0.1) is 20.2 Å². The SMILES string of the molecule is O=C(OCCc1ccc([N+](=O)[O-])cc1)Oc1ccc(CC=COC=CCc2ccc(OC(=O)OCCc3ccc([N+](=O)[O-])cc3)cc2Cl)c(Cl)c1. The summed E-state index contributed by atoms with van der Waals surface area (Å²) in [7, 11) is 0. The lowest BCUT2D eigenvalue weighted by Crippen LogP contribution is -2.12. The lowest BCUT2D eigenvalue weighted by atomic mass is 10.1. The van der Waals surface area contributed by atoms with Gasteiger partial charge in [0.1, 0.15) is 11.5 Å². The number of nitro benzene ring substituents is 2. The van der Waals surface area contributed by atoms with Crippen molar-refractivity contribution in [3.63, 3.8) is 0 Å². The van der Waals surface area contributed by atoms with Crippen LogP contribution < -0.4 is 9.47 Å². The summed E-state index contributed by atoms with van der Waals surface area (Å²) in [6.45, 7) is 0.0669. The molecule has 0 aliphatic rings. The zero-order chi connectivity index (χ0) is 36.6. The van der Waals surface area contributed by atoms with Crippen LogP contribution in [-0.2, 0) is 39.9 Å². The van der Waals surface area contributed by atoms with E-state index >= 15 is 0 Å². The van der Waals surface area contributed by atoms with Gasteiger partial charge in [0.25, 0.3) is 11.4 Å². The van der Waals surface area contributed by atoms with E-state index in [-0.39, 0.29) is 36.1 Å². The number of carbonyl (C=O) groups excluding carboxylic acids is 2. The number of hydrogen-bond donors (Lipinski definition) is 0. The predicted molar refractivity (Wildman–Crippen MR) is 187 cm³/mol. The quantitative estimate of drug-likeness (QED) is 0.0354. The summed E-state index contributed by atoms with van der Waals surface area (Å²) in [5, 5.41) is 22.2. The molecule has 0 heterocycles. The minimum absolute atomic E-state index is 0.0186. The van der Waals surface area contributed by atoms with Crippen molar-refractivity contribution in [1.29, 1.82) is 0 Å². The van der Waals surface area contributed by atoms with Gasteiger partial charge in [-0.25, -0.2) is 9.59 Å². The monoisotopic (exact) mass is 736 g/mol. The van der Waals surface area contributed by atoms with Crippen molar-refractivity contribution in [2.24, 2.45) is 0 Å². The van der Waals surface area contributed by atoms with Crippen molar-refractivity contribution >= 4 is 46.9 Å². The number of hydrogen-bond acceptors (Lipinski definition) is 11. The number of nitro groups is 2. The molecule has 0 radical (unpaired) electrons. The van der Waals surface area contributed by atoms with Gasteiger partial charge >= 0.3 is 12.3 Å². The molecular formula is C36H30Cl2N2O11. The molecule has 0 unspecified atom stereocenters. The van der Waals surface area contributed by atoms with Crippen LogP contribution in [0.4, 0.5) is 21.0 Å². The Morgan fingerprint density at radius 2 is 1.00 bits per heavy atom. The average molecular weight is 738 g/mol. The third-order valence-electron chi connectivity index (χ3n) is 6.99. The summed E-state index contributed by atoms with van der Waals surface area (Å²) >= 11 is 12.7. The van der Waals surface area contributed by atoms with E-state index in [9.17, 15) is 29.8 Å². The van der Waals surface area contributed by atoms with Crippen LogP contribution >= 0.6 is 23.2 Å². The second-order valence-corrected chi connectivity index (χ2v) is 11.4. The van der Waals surface area contributed by atoms with Crippen LogP contribution in [-0.4, -0.2) is 35.4 Å². The third kappa shape index (κ3) is 12.8. The first-order valence-electron chi connectivity index (χ1n) is 15.3. The van der Waals surface area contributed by atoms with Crippen molar-refractivity contribution in [2.45, 2.75) is 25.7 Å². The van der Waals surface area contributed by atoms with E-state index in [1.165, 1.54) is 48.9 Å². The molecule has 0 fully saturated rings. The first-order valence-corrected chi connectivity index (χ1v) is 16.0. The number of rotatable bonds is 16. The lowest BCUT2D eigenvalue weighted by molar-refractivity contribution is -0.385. The molecule has 264 valence electrons. The minimum atomic E-state index is -0.901. The van der Waals surface area contributed by atoms with E-state index < -0.39 is 22.2 Å². The van der Waals surface area contributed by atoms with E-state index in [1.807, 2.05) is 0 Å². The summed E-state index contributed by atoms with van der Waals surface area (Å²) < 4.78 is 25.9. The molecule has 0 saturated carbocycles. The normalized spacial score (nSPS) is 10.9. The Morgan fingerprint density at radius 3 is 1.35 bits per heavy atom. The number of allylic oxidation sites excluding steroid dienone is 2. The van der Waals surface area contributed by atoms with Crippen LogP contribution in [0.3, 0.4) is 0 Å². The van der Waals surface area contributed by atoms with Crippen molar-refractivity contribution < 1.29 is 43.1 Å². The number of benzene rings is 4. The molecule has 0 atom stereocenters. The van der Waals surface area contributed by atoms with E-state index in [4.69, 9.17) is 46.9 Å². The molecule has 4 aromatic carbocycles. The van der Waals surface area contributed by atoms with Crippen molar-refractivity contribution in [2.75, 3.05) is 13.2 Å². The molecule has 15 heteroatoms. The molecule has 0 aliphatic heterocycles. The van der Waals surface area contributed by atoms with Gasteiger partial charge in [0.05, 0.1) is 35.6 Å². The summed E-state index contributed by atoms with van der Waals surface area (Å²) in [5.41, 5.74) is 3.04. The highest BCUT2D eigenvalue weighted by atomic mass is 35.5. The van der Waals surface area contributed by atoms with Crippen molar-refractivity contribution in [3.8, 4) is 11.5 Å². The molecule has 0 aromatic heterocycles. The largest absolute Gasteiger partial charge is 0.513 e. The Hall–Kier alpha value is -5.92. The van der Waals surface area contributed by atoms with Crippen molar-refractivity contribution in [3.05, 3.63) is 162 Å². The van der Waals surface area contributed by atoms with Gasteiger partial charge in [0.2, 0.25) is 0 Å². The zero-order valence-electron chi connectivity index (χ0n) is 26.8. The van der Waals surface area contributed by atoms with Gasteiger partial charge in [-0.15, -0.1) is 0 Å². The smallest absolute Gasteiger partial charge is 0.473 e. The summed E-state index contributed by atoms with van der Waals surface area (Å²) in [4.78, 5) is 44.6. The fourth-order valence-corrected chi connectivity index (χ4v) is 4.84. The molecule has 0 spiro atoms. The van der Waals surface area contributed by atoms with E-state index in [0.29, 0.717) is 35.7 Å². The Bertz CT molecular complexity index is 1760. The van der Waals surface area contributed by atoms with E-state index in [1.54, 1.807) is 60.7 Å². The summed E-state index contributed by atoms with van der Waals surface area (Å²) in [6, 6.07) is 21.5. The molecule has 0 amide bonds. The molecule has 0 aliphatic carbocycles. The fraction of sp³-hybridized carbons (Fsp3) is 0.167. The van der Waals surface area contributed by atoms with Gasteiger partial charge in [0, 0.05) is 47.2 Å². The molecule has 0 saturated heterocycles. The summed E-state index contributed by atoms with van der Waals surface area (Å²) in [5.74, 6) is 0.421. The molecular weight excluding hydrogens is 707 g/mol. The van der Waals surface area contributed by atoms with Gasteiger partial charge in [0.15, 0.2) is 0 Å². The van der Waals surface area contributed by atoms with Gasteiger partial charge in [-0.3, -0.25) is 20.2 Å². The Morgan fingerprint density at radius 1 is 0.608 bits per heavy atom. The van der Waals surface area contributed by atoms with Gasteiger partial charge < -0.3 is 23.7 Å². The number of halogens is 2. The maximum atomic E-state index is 12.0. The Balaban J connectivity index is 1.11. The molecule has 0 N–H and O–H groups in total. The van der Waals surface area contributed by atoms with E-state index in [2.05, 4.69) is 0 Å². The highest BCUT2D eigenvalue weighted by Crippen LogP contribution is 2.25. The zero-order valence-corrected chi connectivity index (χ0v) is 28.3. The standard InChI is InChI=1S/C36H30Cl2N2O11/c37-33-23-31(50-35(41)48-21-17-25-5-11-29(12-6-25)39(43)44)15-9-27(33)3-1-19-47-20-2-4-28-10-16-32(24-34(28)38)51-36(42)49-22-18-26-7-13-30(14-8-26)40(45)46/h1-2,5-16,19-20,23-24H,3-4,17-18,21-22H2. The highest BCUT2D eigenvalue weighted by Gasteiger charge is 2.11. The number of carbonyl (C=O) groups is 2. The topological polar surface area (TPSA) is 167 Å². The number of non-ortho nitro benzene ring substituents is 2. The summed E-state index contributed by atoms with van der Waals surface area (Å²) in [6.07, 6.45) is 6.30. The first-order chi connectivity index (χ1) is 24.6.